The van der Waals surface area contributed by atoms with Crippen molar-refractivity contribution in [1.29, 1.82) is 0 Å². The number of hydrogen-bond acceptors (Lipinski definition) is 6. The maximum absolute atomic E-state index is 13.6. The molecule has 2 amide bonds. The van der Waals surface area contributed by atoms with Crippen molar-refractivity contribution in [2.45, 2.75) is 91.6 Å². The Morgan fingerprint density at radius 1 is 1.10 bits per heavy atom. The second-order valence-corrected chi connectivity index (χ2v) is 12.6. The van der Waals surface area contributed by atoms with E-state index in [1.807, 2.05) is 47.6 Å². The Kier molecular flexibility index (Phi) is 7.82. The first kappa shape index (κ1) is 29.0. The zero-order valence-corrected chi connectivity index (χ0v) is 25.5. The Hall–Kier alpha value is -3.01. The lowest BCUT2D eigenvalue weighted by Crippen LogP contribution is -2.48. The van der Waals surface area contributed by atoms with Gasteiger partial charge in [-0.1, -0.05) is 0 Å². The van der Waals surface area contributed by atoms with Crippen LogP contribution in [-0.2, 0) is 4.74 Å². The molecule has 9 nitrogen and oxygen atoms in total. The quantitative estimate of drug-likeness (QED) is 0.449. The van der Waals surface area contributed by atoms with E-state index in [1.165, 1.54) is 4.90 Å². The molecule has 212 valence electrons. The predicted molar refractivity (Wildman–Crippen MR) is 153 cm³/mol. The standard InChI is InChI=1S/C29H38BrN3O6/c1-15-13-16(2)31-25(34)22(15)33(8)26(35)20-14-21(30)24-23(17(20)3)37-29(7,38-24)18-9-11-19(12-10-18)32-27(36)39-28(4,5)6/h13-14,18-19H,9-12H2,1-8H3,(H,31,34)(H,32,36)/t18-,19-,29?. The molecule has 1 fully saturated rings. The number of H-pyrrole nitrogens is 1. The smallest absolute Gasteiger partial charge is 0.407 e. The van der Waals surface area contributed by atoms with Gasteiger partial charge in [0.2, 0.25) is 0 Å². The normalized spacial score (nSPS) is 22.4. The van der Waals surface area contributed by atoms with E-state index >= 15 is 0 Å². The van der Waals surface area contributed by atoms with E-state index < -0.39 is 17.5 Å². The number of amides is 2. The van der Waals surface area contributed by atoms with Crippen molar-refractivity contribution in [1.82, 2.24) is 10.3 Å². The Bertz CT molecular complexity index is 1360. The van der Waals surface area contributed by atoms with E-state index in [-0.39, 0.29) is 23.4 Å². The molecule has 0 spiro atoms. The second kappa shape index (κ2) is 10.5. The second-order valence-electron chi connectivity index (χ2n) is 11.8. The van der Waals surface area contributed by atoms with Crippen LogP contribution in [0, 0.1) is 26.7 Å². The molecule has 1 atom stereocenters. The van der Waals surface area contributed by atoms with E-state index in [4.69, 9.17) is 14.2 Å². The summed E-state index contributed by atoms with van der Waals surface area (Å²) in [6.45, 7) is 12.9. The average molecular weight is 605 g/mol. The molecule has 2 heterocycles. The summed E-state index contributed by atoms with van der Waals surface area (Å²) in [4.78, 5) is 42.6. The van der Waals surface area contributed by atoms with Gasteiger partial charge in [0.05, 0.1) is 4.47 Å². The van der Waals surface area contributed by atoms with Crippen LogP contribution in [-0.4, -0.2) is 41.5 Å². The first-order valence-corrected chi connectivity index (χ1v) is 14.1. The van der Waals surface area contributed by atoms with Gasteiger partial charge in [-0.25, -0.2) is 4.79 Å². The third-order valence-corrected chi connectivity index (χ3v) is 8.03. The number of aromatic nitrogens is 1. The van der Waals surface area contributed by atoms with E-state index in [0.29, 0.717) is 38.3 Å². The number of nitrogens with zero attached hydrogens (tertiary/aromatic N) is 1. The Balaban J connectivity index is 1.50. The summed E-state index contributed by atoms with van der Waals surface area (Å²) in [5, 5.41) is 2.97. The molecule has 39 heavy (non-hydrogen) atoms. The molecule has 1 aliphatic carbocycles. The Morgan fingerprint density at radius 2 is 1.72 bits per heavy atom. The first-order chi connectivity index (χ1) is 18.1. The van der Waals surface area contributed by atoms with E-state index in [9.17, 15) is 14.4 Å². The van der Waals surface area contributed by atoms with Gasteiger partial charge < -0.3 is 29.4 Å². The predicted octanol–water partition coefficient (Wildman–Crippen LogP) is 5.91. The number of fused-ring (bicyclic) bond motifs is 1. The lowest BCUT2D eigenvalue weighted by Gasteiger charge is -2.37. The molecule has 1 saturated carbocycles. The molecule has 0 saturated heterocycles. The van der Waals surface area contributed by atoms with Gasteiger partial charge in [-0.05, 0) is 101 Å². The molecular formula is C29H38BrN3O6. The summed E-state index contributed by atoms with van der Waals surface area (Å²) < 4.78 is 18.9. The molecular weight excluding hydrogens is 566 g/mol. The van der Waals surface area contributed by atoms with Crippen molar-refractivity contribution in [3.05, 3.63) is 49.3 Å². The SMILES string of the molecule is Cc1cc(C)c(N(C)C(=O)c2cc(Br)c3c(c2C)OC(C)([C@H]2CC[C@H](NC(=O)OC(C)(C)C)CC2)O3)c(=O)[nH]1. The third-order valence-electron chi connectivity index (χ3n) is 7.44. The molecule has 0 bridgehead atoms. The maximum Gasteiger partial charge on any atom is 0.407 e. The Labute approximate surface area is 237 Å². The summed E-state index contributed by atoms with van der Waals surface area (Å²) in [6.07, 6.45) is 2.75. The van der Waals surface area contributed by atoms with Crippen LogP contribution >= 0.6 is 15.9 Å². The fourth-order valence-electron chi connectivity index (χ4n) is 5.52. The highest BCUT2D eigenvalue weighted by Gasteiger charge is 2.47. The summed E-state index contributed by atoms with van der Waals surface area (Å²) in [6, 6.07) is 3.60. The first-order valence-electron chi connectivity index (χ1n) is 13.3. The molecule has 1 unspecified atom stereocenters. The van der Waals surface area contributed by atoms with Gasteiger partial charge >= 0.3 is 6.09 Å². The highest BCUT2D eigenvalue weighted by molar-refractivity contribution is 9.10. The number of nitrogens with one attached hydrogen (secondary N) is 2. The molecule has 4 rings (SSSR count). The number of aromatic amines is 1. The van der Waals surface area contributed by atoms with Gasteiger partial charge in [-0.3, -0.25) is 9.59 Å². The van der Waals surface area contributed by atoms with Crippen LogP contribution in [0.3, 0.4) is 0 Å². The van der Waals surface area contributed by atoms with Crippen molar-refractivity contribution in [3.8, 4) is 11.5 Å². The highest BCUT2D eigenvalue weighted by atomic mass is 79.9. The van der Waals surface area contributed by atoms with Crippen molar-refractivity contribution in [2.75, 3.05) is 11.9 Å². The van der Waals surface area contributed by atoms with Crippen molar-refractivity contribution in [3.63, 3.8) is 0 Å². The topological polar surface area (TPSA) is 110 Å². The average Bonchev–Trinajstić information content (AvgIpc) is 3.19. The third kappa shape index (κ3) is 5.95. The van der Waals surface area contributed by atoms with Crippen LogP contribution in [0.15, 0.2) is 21.4 Å². The van der Waals surface area contributed by atoms with Crippen molar-refractivity contribution in [2.24, 2.45) is 5.92 Å². The summed E-state index contributed by atoms with van der Waals surface area (Å²) in [7, 11) is 1.60. The van der Waals surface area contributed by atoms with Crippen molar-refractivity contribution >= 4 is 33.6 Å². The molecule has 2 N–H and O–H groups in total. The number of pyridine rings is 1. The van der Waals surface area contributed by atoms with Crippen LogP contribution in [0.2, 0.25) is 0 Å². The maximum atomic E-state index is 13.6. The van der Waals surface area contributed by atoms with E-state index in [1.54, 1.807) is 20.0 Å². The lowest BCUT2D eigenvalue weighted by molar-refractivity contribution is -0.121. The number of alkyl carbamates (subject to hydrolysis) is 1. The number of rotatable bonds is 4. The van der Waals surface area contributed by atoms with Gasteiger partial charge in [-0.15, -0.1) is 0 Å². The summed E-state index contributed by atoms with van der Waals surface area (Å²) in [5.74, 6) is -0.0623. The molecule has 1 aliphatic heterocycles. The largest absolute Gasteiger partial charge is 0.448 e. The number of anilines is 1. The molecule has 1 aromatic heterocycles. The van der Waals surface area contributed by atoms with Crippen LogP contribution in [0.4, 0.5) is 10.5 Å². The minimum atomic E-state index is -0.912. The van der Waals surface area contributed by atoms with Crippen LogP contribution < -0.4 is 25.2 Å². The number of carbonyl (C=O) groups is 2. The zero-order valence-electron chi connectivity index (χ0n) is 23.9. The molecule has 10 heteroatoms. The van der Waals surface area contributed by atoms with Crippen LogP contribution in [0.5, 0.6) is 11.5 Å². The number of benzene rings is 1. The van der Waals surface area contributed by atoms with Gasteiger partial charge in [0, 0.05) is 42.8 Å². The molecule has 1 aromatic carbocycles. The number of aryl methyl sites for hydroxylation is 2. The van der Waals surface area contributed by atoms with Gasteiger partial charge in [-0.2, -0.15) is 0 Å². The lowest BCUT2D eigenvalue weighted by atomic mass is 9.81. The minimum absolute atomic E-state index is 0.0325. The summed E-state index contributed by atoms with van der Waals surface area (Å²) >= 11 is 3.58. The monoisotopic (exact) mass is 603 g/mol. The number of ether oxygens (including phenoxy) is 3. The van der Waals surface area contributed by atoms with Gasteiger partial charge in [0.15, 0.2) is 11.5 Å². The zero-order chi connectivity index (χ0) is 28.9. The fraction of sp³-hybridized carbons (Fsp3) is 0.552. The van der Waals surface area contributed by atoms with Gasteiger partial charge in [0.1, 0.15) is 11.3 Å². The number of carbonyl (C=O) groups excluding carboxylic acids is 2. The van der Waals surface area contributed by atoms with E-state index in [0.717, 1.165) is 31.4 Å². The van der Waals surface area contributed by atoms with Crippen molar-refractivity contribution < 1.29 is 23.8 Å². The number of hydrogen-bond donors (Lipinski definition) is 2. The Morgan fingerprint density at radius 3 is 2.31 bits per heavy atom. The summed E-state index contributed by atoms with van der Waals surface area (Å²) in [5.41, 5.74) is 1.97. The number of halogens is 1. The van der Waals surface area contributed by atoms with Gasteiger partial charge in [0.25, 0.3) is 17.3 Å². The molecule has 2 aromatic rings. The van der Waals surface area contributed by atoms with Crippen LogP contribution in [0.25, 0.3) is 0 Å². The van der Waals surface area contributed by atoms with E-state index in [2.05, 4.69) is 26.2 Å². The minimum Gasteiger partial charge on any atom is -0.448 e. The molecule has 2 aliphatic rings. The molecule has 0 radical (unpaired) electrons. The highest BCUT2D eigenvalue weighted by Crippen LogP contribution is 2.51. The fourth-order valence-corrected chi connectivity index (χ4v) is 6.01. The van der Waals surface area contributed by atoms with Crippen LogP contribution in [0.1, 0.15) is 80.6 Å².